The van der Waals surface area contributed by atoms with Gasteiger partial charge in [-0.3, -0.25) is 4.79 Å². The molecule has 1 atom stereocenters. The molecule has 1 amide bonds. The largest absolute Gasteiger partial charge is 0.331 e. The van der Waals surface area contributed by atoms with Crippen molar-refractivity contribution in [3.63, 3.8) is 0 Å². The van der Waals surface area contributed by atoms with Crippen LogP contribution in [-0.4, -0.2) is 15.5 Å². The van der Waals surface area contributed by atoms with E-state index in [1.54, 1.807) is 11.3 Å². The molecule has 1 aliphatic rings. The molecular formula is C21H23N3OS. The van der Waals surface area contributed by atoms with Crippen LogP contribution in [0.15, 0.2) is 42.7 Å². The van der Waals surface area contributed by atoms with E-state index in [0.29, 0.717) is 0 Å². The summed E-state index contributed by atoms with van der Waals surface area (Å²) >= 11 is 1.65. The van der Waals surface area contributed by atoms with Gasteiger partial charge >= 0.3 is 0 Å². The van der Waals surface area contributed by atoms with Crippen LogP contribution in [0.25, 0.3) is 0 Å². The lowest BCUT2D eigenvalue weighted by molar-refractivity contribution is 0.103. The number of carbonyl (C=O) groups excluding carboxylic acids is 1. The minimum absolute atomic E-state index is 0.00439. The molecule has 0 spiro atoms. The van der Waals surface area contributed by atoms with Crippen molar-refractivity contribution in [3.8, 4) is 0 Å². The smallest absolute Gasteiger partial charge is 0.265 e. The molecule has 0 bridgehead atoms. The number of hydrogen-bond donors (Lipinski definition) is 1. The second-order valence-corrected chi connectivity index (χ2v) is 8.30. The number of aryl methyl sites for hydroxylation is 2. The Balaban J connectivity index is 1.42. The molecule has 2 aromatic heterocycles. The van der Waals surface area contributed by atoms with E-state index in [0.717, 1.165) is 41.7 Å². The zero-order valence-electron chi connectivity index (χ0n) is 15.2. The van der Waals surface area contributed by atoms with Gasteiger partial charge in [0.1, 0.15) is 5.82 Å². The van der Waals surface area contributed by atoms with E-state index in [1.807, 2.05) is 31.5 Å². The maximum atomic E-state index is 12.6. The molecule has 1 aliphatic carbocycles. The van der Waals surface area contributed by atoms with Crippen LogP contribution in [0, 0.1) is 12.8 Å². The molecule has 0 aliphatic heterocycles. The van der Waals surface area contributed by atoms with Gasteiger partial charge in [0.25, 0.3) is 5.91 Å². The molecular weight excluding hydrogens is 342 g/mol. The van der Waals surface area contributed by atoms with Gasteiger partial charge in [0.2, 0.25) is 0 Å². The fourth-order valence-corrected chi connectivity index (χ4v) is 4.58. The van der Waals surface area contributed by atoms with Crippen molar-refractivity contribution < 1.29 is 4.79 Å². The number of imidazole rings is 1. The number of fused-ring (bicyclic) bond motifs is 1. The molecule has 134 valence electrons. The molecule has 2 heterocycles. The number of carbonyl (C=O) groups is 1. The Kier molecular flexibility index (Phi) is 4.64. The SMILES string of the molecule is Cc1nccn1Cc1ccc(NC(=O)c2cc3c(s2)CCC(C)C3)cc1. The molecule has 0 saturated carbocycles. The molecule has 3 aromatic rings. The lowest BCUT2D eigenvalue weighted by Crippen LogP contribution is -2.10. The number of nitrogens with zero attached hydrogens (tertiary/aromatic N) is 2. The highest BCUT2D eigenvalue weighted by molar-refractivity contribution is 7.14. The quantitative estimate of drug-likeness (QED) is 0.730. The highest BCUT2D eigenvalue weighted by Crippen LogP contribution is 2.32. The molecule has 5 heteroatoms. The van der Waals surface area contributed by atoms with E-state index in [2.05, 4.69) is 40.0 Å². The Hall–Kier alpha value is -2.40. The van der Waals surface area contributed by atoms with E-state index >= 15 is 0 Å². The standard InChI is InChI=1S/C21H23N3OS/c1-14-3-8-19-17(11-14)12-20(26-19)21(25)23-18-6-4-16(5-7-18)13-24-10-9-22-15(24)2/h4-7,9-10,12,14H,3,8,11,13H2,1-2H3,(H,23,25). The van der Waals surface area contributed by atoms with Crippen molar-refractivity contribution in [2.45, 2.75) is 39.7 Å². The number of hydrogen-bond acceptors (Lipinski definition) is 3. The summed E-state index contributed by atoms with van der Waals surface area (Å²) in [5.41, 5.74) is 3.38. The van der Waals surface area contributed by atoms with Crippen molar-refractivity contribution in [1.82, 2.24) is 9.55 Å². The fraction of sp³-hybridized carbons (Fsp3) is 0.333. The highest BCUT2D eigenvalue weighted by atomic mass is 32.1. The molecule has 0 saturated heterocycles. The number of amides is 1. The van der Waals surface area contributed by atoms with Crippen molar-refractivity contribution in [3.05, 3.63) is 69.4 Å². The average Bonchev–Trinajstić information content (AvgIpc) is 3.22. The van der Waals surface area contributed by atoms with Crippen LogP contribution in [-0.2, 0) is 19.4 Å². The van der Waals surface area contributed by atoms with Crippen molar-refractivity contribution in [1.29, 1.82) is 0 Å². The van der Waals surface area contributed by atoms with Gasteiger partial charge in [-0.15, -0.1) is 11.3 Å². The molecule has 26 heavy (non-hydrogen) atoms. The van der Waals surface area contributed by atoms with Crippen molar-refractivity contribution >= 4 is 22.9 Å². The minimum atomic E-state index is -0.00439. The second-order valence-electron chi connectivity index (χ2n) is 7.16. The summed E-state index contributed by atoms with van der Waals surface area (Å²) in [6.45, 7) is 5.07. The van der Waals surface area contributed by atoms with Crippen LogP contribution < -0.4 is 5.32 Å². The van der Waals surface area contributed by atoms with Gasteiger partial charge in [-0.2, -0.15) is 0 Å². The van der Waals surface area contributed by atoms with Crippen LogP contribution in [0.5, 0.6) is 0 Å². The van der Waals surface area contributed by atoms with Gasteiger partial charge in [-0.25, -0.2) is 4.98 Å². The summed E-state index contributed by atoms with van der Waals surface area (Å²) in [6.07, 6.45) is 7.22. The molecule has 4 nitrogen and oxygen atoms in total. The molecule has 1 N–H and O–H groups in total. The van der Waals surface area contributed by atoms with Crippen LogP contribution in [0.2, 0.25) is 0 Å². The van der Waals surface area contributed by atoms with E-state index in [1.165, 1.54) is 22.4 Å². The first-order chi connectivity index (χ1) is 12.6. The third-order valence-corrected chi connectivity index (χ3v) is 6.28. The van der Waals surface area contributed by atoms with E-state index in [4.69, 9.17) is 0 Å². The maximum Gasteiger partial charge on any atom is 0.265 e. The van der Waals surface area contributed by atoms with Gasteiger partial charge in [-0.05, 0) is 61.4 Å². The summed E-state index contributed by atoms with van der Waals surface area (Å²) in [5.74, 6) is 1.72. The lowest BCUT2D eigenvalue weighted by Gasteiger charge is -2.16. The number of benzene rings is 1. The highest BCUT2D eigenvalue weighted by Gasteiger charge is 2.20. The van der Waals surface area contributed by atoms with Crippen LogP contribution in [0.3, 0.4) is 0 Å². The minimum Gasteiger partial charge on any atom is -0.331 e. The Labute approximate surface area is 157 Å². The molecule has 0 radical (unpaired) electrons. The number of anilines is 1. The van der Waals surface area contributed by atoms with E-state index in [9.17, 15) is 4.79 Å². The zero-order chi connectivity index (χ0) is 18.1. The molecule has 0 fully saturated rings. The van der Waals surface area contributed by atoms with Gasteiger partial charge < -0.3 is 9.88 Å². The normalized spacial score (nSPS) is 16.3. The Morgan fingerprint density at radius 3 is 2.88 bits per heavy atom. The monoisotopic (exact) mass is 365 g/mol. The average molecular weight is 366 g/mol. The zero-order valence-corrected chi connectivity index (χ0v) is 16.0. The summed E-state index contributed by atoms with van der Waals surface area (Å²) in [6, 6.07) is 10.1. The molecule has 1 aromatic carbocycles. The van der Waals surface area contributed by atoms with E-state index in [-0.39, 0.29) is 5.91 Å². The van der Waals surface area contributed by atoms with Crippen LogP contribution in [0.4, 0.5) is 5.69 Å². The van der Waals surface area contributed by atoms with Gasteiger partial charge in [-0.1, -0.05) is 19.1 Å². The molecule has 1 unspecified atom stereocenters. The van der Waals surface area contributed by atoms with Crippen LogP contribution >= 0.6 is 11.3 Å². The number of rotatable bonds is 4. The maximum absolute atomic E-state index is 12.6. The lowest BCUT2D eigenvalue weighted by atomic mass is 9.90. The number of aromatic nitrogens is 2. The first-order valence-electron chi connectivity index (χ1n) is 9.08. The van der Waals surface area contributed by atoms with Crippen LogP contribution in [0.1, 0.15) is 44.8 Å². The Morgan fingerprint density at radius 2 is 2.15 bits per heavy atom. The van der Waals surface area contributed by atoms with Gasteiger partial charge in [0.15, 0.2) is 0 Å². The predicted octanol–water partition coefficient (Wildman–Crippen LogP) is 4.68. The summed E-state index contributed by atoms with van der Waals surface area (Å²) in [4.78, 5) is 19.0. The first-order valence-corrected chi connectivity index (χ1v) is 9.90. The summed E-state index contributed by atoms with van der Waals surface area (Å²) < 4.78 is 2.10. The molecule has 4 rings (SSSR count). The third-order valence-electron chi connectivity index (χ3n) is 5.04. The van der Waals surface area contributed by atoms with Gasteiger partial charge in [0, 0.05) is 29.5 Å². The third kappa shape index (κ3) is 3.58. The predicted molar refractivity (Wildman–Crippen MR) is 106 cm³/mol. The van der Waals surface area contributed by atoms with Gasteiger partial charge in [0.05, 0.1) is 4.88 Å². The topological polar surface area (TPSA) is 46.9 Å². The summed E-state index contributed by atoms with van der Waals surface area (Å²) in [7, 11) is 0. The summed E-state index contributed by atoms with van der Waals surface area (Å²) in [5, 5.41) is 3.03. The Bertz CT molecular complexity index is 923. The number of nitrogens with one attached hydrogen (secondary N) is 1. The van der Waals surface area contributed by atoms with Crippen molar-refractivity contribution in [2.75, 3.05) is 5.32 Å². The second kappa shape index (κ2) is 7.08. The number of thiophene rings is 1. The fourth-order valence-electron chi connectivity index (χ4n) is 3.47. The first kappa shape index (κ1) is 17.0. The Morgan fingerprint density at radius 1 is 1.35 bits per heavy atom. The van der Waals surface area contributed by atoms with Crippen molar-refractivity contribution in [2.24, 2.45) is 5.92 Å². The van der Waals surface area contributed by atoms with E-state index < -0.39 is 0 Å².